The number of benzene rings is 2. The third-order valence-corrected chi connectivity index (χ3v) is 6.86. The molecule has 0 aromatic heterocycles. The van der Waals surface area contributed by atoms with Gasteiger partial charge < -0.3 is 19.9 Å². The lowest BCUT2D eigenvalue weighted by Crippen LogP contribution is -2.52. The predicted molar refractivity (Wildman–Crippen MR) is 148 cm³/mol. The number of carbonyl (C=O) groups excluding carboxylic acids is 5. The molecule has 0 saturated carbocycles. The average Bonchev–Trinajstić information content (AvgIpc) is 3.06. The van der Waals surface area contributed by atoms with E-state index in [4.69, 9.17) is 4.74 Å². The van der Waals surface area contributed by atoms with Gasteiger partial charge in [0.05, 0.1) is 11.1 Å². The Hall–Kier alpha value is -4.21. The molecule has 2 aromatic rings. The fourth-order valence-electron chi connectivity index (χ4n) is 4.96. The zero-order chi connectivity index (χ0) is 28.9. The third kappa shape index (κ3) is 6.86. The summed E-state index contributed by atoms with van der Waals surface area (Å²) < 4.78 is 5.20. The molecule has 1 atom stereocenters. The molecule has 1 saturated heterocycles. The maximum absolute atomic E-state index is 13.9. The molecular weight excluding hydrogens is 512 g/mol. The van der Waals surface area contributed by atoms with Crippen molar-refractivity contribution in [3.63, 3.8) is 0 Å². The smallest absolute Gasteiger partial charge is 0.407 e. The standard InChI is InChI=1S/C30H36N4O6/c1-30(2,3)40-29(39)31-15-14-25(35)32-16-9-17-33(19-18-32)28(38)24(20-21-10-5-4-6-11-21)34-26(36)22-12-7-8-13-23(22)27(34)37/h4-8,10-13,24H,9,14-20H2,1-3H3,(H,31,39). The summed E-state index contributed by atoms with van der Waals surface area (Å²) in [6.45, 7) is 6.89. The summed E-state index contributed by atoms with van der Waals surface area (Å²) in [5.41, 5.74) is 0.804. The predicted octanol–water partition coefficient (Wildman–Crippen LogP) is 2.87. The van der Waals surface area contributed by atoms with Crippen LogP contribution < -0.4 is 5.32 Å². The molecule has 0 bridgehead atoms. The van der Waals surface area contributed by atoms with Crippen LogP contribution in [0, 0.1) is 0 Å². The van der Waals surface area contributed by atoms with Crippen molar-refractivity contribution in [2.24, 2.45) is 0 Å². The number of ether oxygens (including phenoxy) is 1. The summed E-state index contributed by atoms with van der Waals surface area (Å²) in [7, 11) is 0. The summed E-state index contributed by atoms with van der Waals surface area (Å²) in [5, 5.41) is 2.59. The molecule has 1 unspecified atom stereocenters. The molecule has 40 heavy (non-hydrogen) atoms. The van der Waals surface area contributed by atoms with Crippen molar-refractivity contribution in [1.29, 1.82) is 0 Å². The highest BCUT2D eigenvalue weighted by molar-refractivity contribution is 6.22. The van der Waals surface area contributed by atoms with Crippen molar-refractivity contribution in [3.05, 3.63) is 71.3 Å². The van der Waals surface area contributed by atoms with Gasteiger partial charge in [0, 0.05) is 45.6 Å². The van der Waals surface area contributed by atoms with Gasteiger partial charge in [-0.2, -0.15) is 0 Å². The molecule has 0 aliphatic carbocycles. The molecule has 2 heterocycles. The van der Waals surface area contributed by atoms with Crippen LogP contribution in [0.15, 0.2) is 54.6 Å². The van der Waals surface area contributed by atoms with E-state index in [9.17, 15) is 24.0 Å². The van der Waals surface area contributed by atoms with E-state index in [1.165, 1.54) is 0 Å². The van der Waals surface area contributed by atoms with Gasteiger partial charge in [0.2, 0.25) is 11.8 Å². The molecule has 212 valence electrons. The number of amides is 5. The summed E-state index contributed by atoms with van der Waals surface area (Å²) in [4.78, 5) is 69.6. The lowest BCUT2D eigenvalue weighted by Gasteiger charge is -2.31. The molecule has 0 radical (unpaired) electrons. The van der Waals surface area contributed by atoms with Crippen LogP contribution in [-0.2, 0) is 20.7 Å². The van der Waals surface area contributed by atoms with Gasteiger partial charge in [0.25, 0.3) is 11.8 Å². The molecular formula is C30H36N4O6. The normalized spacial score (nSPS) is 16.3. The first-order chi connectivity index (χ1) is 19.0. The number of fused-ring (bicyclic) bond motifs is 1. The van der Waals surface area contributed by atoms with Gasteiger partial charge in [-0.3, -0.25) is 24.1 Å². The summed E-state index contributed by atoms with van der Waals surface area (Å²) in [5.74, 6) is -1.40. The van der Waals surface area contributed by atoms with E-state index in [-0.39, 0.29) is 37.7 Å². The molecule has 0 spiro atoms. The molecule has 10 nitrogen and oxygen atoms in total. The Balaban J connectivity index is 1.42. The minimum Gasteiger partial charge on any atom is -0.444 e. The number of rotatable bonds is 7. The van der Waals surface area contributed by atoms with Crippen molar-refractivity contribution in [2.45, 2.75) is 51.7 Å². The van der Waals surface area contributed by atoms with Gasteiger partial charge in [0.1, 0.15) is 11.6 Å². The largest absolute Gasteiger partial charge is 0.444 e. The Morgan fingerprint density at radius 3 is 2.05 bits per heavy atom. The third-order valence-electron chi connectivity index (χ3n) is 6.86. The van der Waals surface area contributed by atoms with Crippen LogP contribution in [-0.4, -0.2) is 88.8 Å². The summed E-state index contributed by atoms with van der Waals surface area (Å²) in [6, 6.07) is 14.9. The van der Waals surface area contributed by atoms with Gasteiger partial charge in [-0.25, -0.2) is 4.79 Å². The van der Waals surface area contributed by atoms with Crippen LogP contribution in [0.3, 0.4) is 0 Å². The van der Waals surface area contributed by atoms with Crippen molar-refractivity contribution in [1.82, 2.24) is 20.0 Å². The second kappa shape index (κ2) is 12.3. The van der Waals surface area contributed by atoms with Crippen LogP contribution >= 0.6 is 0 Å². The second-order valence-electron chi connectivity index (χ2n) is 11.0. The summed E-state index contributed by atoms with van der Waals surface area (Å²) >= 11 is 0. The van der Waals surface area contributed by atoms with Gasteiger partial charge in [-0.1, -0.05) is 42.5 Å². The molecule has 10 heteroatoms. The number of carbonyl (C=O) groups is 5. The van der Waals surface area contributed by atoms with Crippen molar-refractivity contribution < 1.29 is 28.7 Å². The highest BCUT2D eigenvalue weighted by Crippen LogP contribution is 2.27. The van der Waals surface area contributed by atoms with E-state index in [0.717, 1.165) is 10.5 Å². The number of nitrogens with zero attached hydrogens (tertiary/aromatic N) is 3. The van der Waals surface area contributed by atoms with E-state index in [1.54, 1.807) is 54.8 Å². The Bertz CT molecular complexity index is 1240. The van der Waals surface area contributed by atoms with E-state index >= 15 is 0 Å². The van der Waals surface area contributed by atoms with Gasteiger partial charge in [0.15, 0.2) is 0 Å². The minimum atomic E-state index is -1.00. The molecule has 4 rings (SSSR count). The molecule has 1 N–H and O–H groups in total. The molecule has 2 aromatic carbocycles. The van der Waals surface area contributed by atoms with E-state index in [0.29, 0.717) is 37.2 Å². The van der Waals surface area contributed by atoms with Crippen molar-refractivity contribution in [3.8, 4) is 0 Å². The van der Waals surface area contributed by atoms with Crippen LogP contribution in [0.25, 0.3) is 0 Å². The Morgan fingerprint density at radius 1 is 0.850 bits per heavy atom. The maximum atomic E-state index is 13.9. The number of nitrogens with one attached hydrogen (secondary N) is 1. The fraction of sp³-hybridized carbons (Fsp3) is 0.433. The van der Waals surface area contributed by atoms with Crippen molar-refractivity contribution in [2.75, 3.05) is 32.7 Å². The topological polar surface area (TPSA) is 116 Å². The van der Waals surface area contributed by atoms with E-state index in [1.807, 2.05) is 30.3 Å². The zero-order valence-electron chi connectivity index (χ0n) is 23.2. The number of imide groups is 1. The van der Waals surface area contributed by atoms with E-state index in [2.05, 4.69) is 5.32 Å². The first kappa shape index (κ1) is 28.8. The van der Waals surface area contributed by atoms with Gasteiger partial charge >= 0.3 is 6.09 Å². The van der Waals surface area contributed by atoms with Gasteiger partial charge in [-0.15, -0.1) is 0 Å². The number of hydrogen-bond acceptors (Lipinski definition) is 6. The van der Waals surface area contributed by atoms with Crippen LogP contribution in [0.5, 0.6) is 0 Å². The average molecular weight is 549 g/mol. The summed E-state index contributed by atoms with van der Waals surface area (Å²) in [6.07, 6.45) is 0.280. The lowest BCUT2D eigenvalue weighted by atomic mass is 10.0. The Kier molecular flexibility index (Phi) is 8.86. The molecule has 2 aliphatic rings. The molecule has 5 amide bonds. The Morgan fingerprint density at radius 2 is 1.43 bits per heavy atom. The number of alkyl carbamates (subject to hydrolysis) is 1. The first-order valence-electron chi connectivity index (χ1n) is 13.6. The monoisotopic (exact) mass is 548 g/mol. The first-order valence-corrected chi connectivity index (χ1v) is 13.6. The lowest BCUT2D eigenvalue weighted by molar-refractivity contribution is -0.136. The SMILES string of the molecule is CC(C)(C)OC(=O)NCCC(=O)N1CCCN(C(=O)C(Cc2ccccc2)N2C(=O)c3ccccc3C2=O)CC1. The minimum absolute atomic E-state index is 0.110. The Labute approximate surface area is 234 Å². The van der Waals surface area contributed by atoms with E-state index < -0.39 is 29.6 Å². The maximum Gasteiger partial charge on any atom is 0.407 e. The number of hydrogen-bond donors (Lipinski definition) is 1. The van der Waals surface area contributed by atoms with Crippen LogP contribution in [0.4, 0.5) is 4.79 Å². The second-order valence-corrected chi connectivity index (χ2v) is 11.0. The van der Waals surface area contributed by atoms with Crippen LogP contribution in [0.2, 0.25) is 0 Å². The molecule has 1 fully saturated rings. The highest BCUT2D eigenvalue weighted by atomic mass is 16.6. The fourth-order valence-corrected chi connectivity index (χ4v) is 4.96. The van der Waals surface area contributed by atoms with Gasteiger partial charge in [-0.05, 0) is 44.9 Å². The molecule has 2 aliphatic heterocycles. The van der Waals surface area contributed by atoms with Crippen molar-refractivity contribution >= 4 is 29.7 Å². The van der Waals surface area contributed by atoms with Crippen LogP contribution in [0.1, 0.15) is 59.9 Å². The quantitative estimate of drug-likeness (QED) is 0.532. The highest BCUT2D eigenvalue weighted by Gasteiger charge is 2.44. The zero-order valence-corrected chi connectivity index (χ0v) is 23.2.